The first-order chi connectivity index (χ1) is 13.0. The van der Waals surface area contributed by atoms with Crippen molar-refractivity contribution < 1.29 is 42.4 Å². The Balaban J connectivity index is 2.13. The number of carbonyl (C=O) groups excluding carboxylic acids is 4. The average molecular weight is 413 g/mol. The van der Waals surface area contributed by atoms with Crippen molar-refractivity contribution in [2.45, 2.75) is 33.1 Å². The van der Waals surface area contributed by atoms with E-state index in [-0.39, 0.29) is 17.3 Å². The summed E-state index contributed by atoms with van der Waals surface area (Å²) in [7, 11) is -1.95. The molecule has 0 radical (unpaired) electrons. The number of hydrogen-bond acceptors (Lipinski definition) is 8. The molecular formula is C16H19N3O8S. The molecule has 2 aliphatic rings. The Morgan fingerprint density at radius 3 is 2.43 bits per heavy atom. The third-order valence-electron chi connectivity index (χ3n) is 3.86. The van der Waals surface area contributed by atoms with E-state index in [1.165, 1.54) is 0 Å². The summed E-state index contributed by atoms with van der Waals surface area (Å²) >= 11 is 0. The lowest BCUT2D eigenvalue weighted by atomic mass is 9.97. The van der Waals surface area contributed by atoms with Crippen molar-refractivity contribution in [2.75, 3.05) is 13.4 Å². The zero-order valence-corrected chi connectivity index (χ0v) is 16.5. The zero-order valence-electron chi connectivity index (χ0n) is 15.7. The molecule has 2 rings (SSSR count). The van der Waals surface area contributed by atoms with Crippen LogP contribution >= 0.6 is 0 Å². The van der Waals surface area contributed by atoms with Crippen molar-refractivity contribution in [3.63, 3.8) is 0 Å². The summed E-state index contributed by atoms with van der Waals surface area (Å²) in [5.74, 6) is -3.83. The van der Waals surface area contributed by atoms with Gasteiger partial charge in [-0.05, 0) is 20.8 Å². The van der Waals surface area contributed by atoms with Crippen molar-refractivity contribution >= 4 is 39.7 Å². The van der Waals surface area contributed by atoms with E-state index < -0.39 is 58.1 Å². The molecule has 12 heteroatoms. The van der Waals surface area contributed by atoms with Crippen LogP contribution in [0, 0.1) is 11.3 Å². The molecule has 1 fully saturated rings. The molecule has 1 amide bonds. The number of β-lactam (4-membered cyclic amide) rings is 1. The van der Waals surface area contributed by atoms with E-state index in [2.05, 4.69) is 4.79 Å². The summed E-state index contributed by atoms with van der Waals surface area (Å²) in [6.45, 7) is 4.99. The molecule has 152 valence electrons. The van der Waals surface area contributed by atoms with Crippen molar-refractivity contribution in [3.05, 3.63) is 17.3 Å². The van der Waals surface area contributed by atoms with Gasteiger partial charge in [0.1, 0.15) is 23.6 Å². The van der Waals surface area contributed by atoms with Crippen molar-refractivity contribution in [1.82, 2.24) is 4.90 Å². The number of fused-ring (bicyclic) bond motifs is 1. The summed E-state index contributed by atoms with van der Waals surface area (Å²) in [4.78, 5) is 51.1. The van der Waals surface area contributed by atoms with E-state index >= 15 is 0 Å². The molecule has 2 heterocycles. The quantitative estimate of drug-likeness (QED) is 0.196. The number of carbonyl (C=O) groups is 4. The maximum atomic E-state index is 12.4. The van der Waals surface area contributed by atoms with Crippen LogP contribution in [0.4, 0.5) is 0 Å². The van der Waals surface area contributed by atoms with E-state index in [1.807, 2.05) is 0 Å². The second kappa shape index (κ2) is 8.03. The third kappa shape index (κ3) is 4.18. The van der Waals surface area contributed by atoms with Crippen LogP contribution in [-0.4, -0.2) is 61.5 Å². The maximum absolute atomic E-state index is 12.4. The first kappa shape index (κ1) is 21.5. The highest BCUT2D eigenvalue weighted by Gasteiger charge is 2.59. The minimum Gasteiger partial charge on any atom is -0.465 e. The Morgan fingerprint density at radius 2 is 1.89 bits per heavy atom. The topological polar surface area (TPSA) is 153 Å². The second-order valence-corrected chi connectivity index (χ2v) is 8.50. The van der Waals surface area contributed by atoms with Gasteiger partial charge in [0.05, 0.1) is 11.5 Å². The van der Waals surface area contributed by atoms with Gasteiger partial charge in [0.15, 0.2) is 10.8 Å². The zero-order chi connectivity index (χ0) is 21.2. The number of amides is 1. The largest absolute Gasteiger partial charge is 0.465 e. The second-order valence-electron chi connectivity index (χ2n) is 7.00. The van der Waals surface area contributed by atoms with Crippen LogP contribution in [0.1, 0.15) is 27.7 Å². The highest BCUT2D eigenvalue weighted by atomic mass is 32.2. The Morgan fingerprint density at radius 1 is 1.25 bits per heavy atom. The summed E-state index contributed by atoms with van der Waals surface area (Å²) in [5, 5.41) is -1.40. The van der Waals surface area contributed by atoms with Crippen LogP contribution in [-0.2, 0) is 44.2 Å². The molecule has 0 aliphatic carbocycles. The van der Waals surface area contributed by atoms with E-state index in [9.17, 15) is 23.4 Å². The fraction of sp³-hybridized carbons (Fsp3) is 0.562. The molecule has 28 heavy (non-hydrogen) atoms. The first-order valence-electron chi connectivity index (χ1n) is 8.14. The van der Waals surface area contributed by atoms with Crippen LogP contribution in [0.15, 0.2) is 11.8 Å². The molecular weight excluding hydrogens is 394 g/mol. The average Bonchev–Trinajstić information content (AvgIpc) is 2.60. The smallest absolute Gasteiger partial charge is 0.383 e. The minimum atomic E-state index is -1.95. The highest BCUT2D eigenvalue weighted by Crippen LogP contribution is 2.37. The van der Waals surface area contributed by atoms with Crippen LogP contribution in [0.5, 0.6) is 0 Å². The predicted octanol–water partition coefficient (Wildman–Crippen LogP) is -0.301. The van der Waals surface area contributed by atoms with Crippen LogP contribution in [0.3, 0.4) is 0 Å². The standard InChI is InChI=1S/C16H19N3O8S/c1-8(20)25-6-9-12(21)19-10(5-11(18-17)28(24)13(9)19)14(22)26-7-27-15(23)16(2,3)4/h5,9,13H,6-7H2,1-4H3/t9-,13+,28?/m0/s1. The lowest BCUT2D eigenvalue weighted by Gasteiger charge is -2.46. The highest BCUT2D eigenvalue weighted by molar-refractivity contribution is 8.01. The predicted molar refractivity (Wildman–Crippen MR) is 92.1 cm³/mol. The van der Waals surface area contributed by atoms with Gasteiger partial charge in [-0.2, -0.15) is 4.79 Å². The van der Waals surface area contributed by atoms with Crippen LogP contribution in [0.2, 0.25) is 0 Å². The lowest BCUT2D eigenvalue weighted by Crippen LogP contribution is -2.66. The molecule has 1 saturated heterocycles. The van der Waals surface area contributed by atoms with Gasteiger partial charge in [-0.1, -0.05) is 0 Å². The molecule has 1 unspecified atom stereocenters. The Labute approximate surface area is 162 Å². The van der Waals surface area contributed by atoms with Crippen LogP contribution < -0.4 is 0 Å². The molecule has 0 saturated carbocycles. The Kier molecular flexibility index (Phi) is 6.15. The summed E-state index contributed by atoms with van der Waals surface area (Å²) in [5.41, 5.74) is 7.91. The van der Waals surface area contributed by atoms with Crippen LogP contribution in [0.25, 0.3) is 5.53 Å². The van der Waals surface area contributed by atoms with Crippen molar-refractivity contribution in [1.29, 1.82) is 0 Å². The third-order valence-corrected chi connectivity index (χ3v) is 5.45. The Hall–Kier alpha value is -2.85. The molecule has 0 aromatic heterocycles. The molecule has 11 nitrogen and oxygen atoms in total. The van der Waals surface area contributed by atoms with Crippen molar-refractivity contribution in [2.24, 2.45) is 11.3 Å². The van der Waals surface area contributed by atoms with Gasteiger partial charge in [-0.3, -0.25) is 19.3 Å². The summed E-state index contributed by atoms with van der Waals surface area (Å²) in [6, 6.07) is 0. The van der Waals surface area contributed by atoms with Gasteiger partial charge in [0.2, 0.25) is 12.7 Å². The fourth-order valence-electron chi connectivity index (χ4n) is 2.41. The molecule has 0 aromatic rings. The van der Waals surface area contributed by atoms with E-state index in [0.717, 1.165) is 17.9 Å². The maximum Gasteiger partial charge on any atom is 0.383 e. The number of nitrogens with zero attached hydrogens (tertiary/aromatic N) is 3. The number of esters is 3. The number of ether oxygens (including phenoxy) is 3. The van der Waals surface area contributed by atoms with Crippen molar-refractivity contribution in [3.8, 4) is 0 Å². The van der Waals surface area contributed by atoms with Gasteiger partial charge in [-0.25, -0.2) is 9.00 Å². The van der Waals surface area contributed by atoms with Gasteiger partial charge in [-0.15, -0.1) is 0 Å². The Bertz CT molecular complexity index is 837. The SMILES string of the molecule is CC(=O)OC[C@H]1C(=O)N2C(C(=O)OCOC(=O)C(C)(C)C)=CC(=[N+]=[N-])S(=O)[C@H]12. The first-order valence-corrected chi connectivity index (χ1v) is 9.35. The molecule has 0 N–H and O–H groups in total. The van der Waals surface area contributed by atoms with E-state index in [1.54, 1.807) is 20.8 Å². The molecule has 0 spiro atoms. The van der Waals surface area contributed by atoms with Gasteiger partial charge >= 0.3 is 23.0 Å². The number of rotatable bonds is 5. The van der Waals surface area contributed by atoms with E-state index in [4.69, 9.17) is 19.7 Å². The molecule has 0 aromatic carbocycles. The van der Waals surface area contributed by atoms with Gasteiger partial charge in [0, 0.05) is 6.92 Å². The van der Waals surface area contributed by atoms with Gasteiger partial charge in [0.25, 0.3) is 0 Å². The lowest BCUT2D eigenvalue weighted by molar-refractivity contribution is -0.174. The normalized spacial score (nSPS) is 23.6. The summed E-state index contributed by atoms with van der Waals surface area (Å²) in [6.07, 6.45) is 0.945. The molecule has 0 bridgehead atoms. The fourth-order valence-corrected chi connectivity index (χ4v) is 3.86. The van der Waals surface area contributed by atoms with E-state index in [0.29, 0.717) is 0 Å². The molecule has 2 aliphatic heterocycles. The number of hydrogen-bond donors (Lipinski definition) is 0. The monoisotopic (exact) mass is 413 g/mol. The molecule has 3 atom stereocenters. The minimum absolute atomic E-state index is 0.326. The summed E-state index contributed by atoms with van der Waals surface area (Å²) < 4.78 is 26.9. The van der Waals surface area contributed by atoms with Gasteiger partial charge < -0.3 is 19.7 Å².